The largest absolute Gasteiger partial charge is 0.481 e. The standard InChI is InChI=1S/C25H33N3O4S/c1-18-8-10-22(17-24(18)33(30,31)28-14-12-27(3)13-15-28)26-25(29)19(2)32-23-11-9-20-6-4-5-7-21(20)16-23/h8-11,16-17,19H,4-7,12-15H2,1-3H3,(H,26,29). The number of carbonyl (C=O) groups is 1. The molecule has 1 aliphatic carbocycles. The van der Waals surface area contributed by atoms with Gasteiger partial charge in [0.2, 0.25) is 10.0 Å². The molecule has 0 bridgehead atoms. The summed E-state index contributed by atoms with van der Waals surface area (Å²) in [6, 6.07) is 11.0. The van der Waals surface area contributed by atoms with Crippen molar-refractivity contribution in [3.63, 3.8) is 0 Å². The van der Waals surface area contributed by atoms with E-state index < -0.39 is 16.1 Å². The minimum atomic E-state index is -3.63. The van der Waals surface area contributed by atoms with Crippen molar-refractivity contribution in [2.45, 2.75) is 50.5 Å². The second-order valence-corrected chi connectivity index (χ2v) is 11.0. The van der Waals surface area contributed by atoms with E-state index in [1.54, 1.807) is 32.0 Å². The molecule has 33 heavy (non-hydrogen) atoms. The average molecular weight is 472 g/mol. The fraction of sp³-hybridized carbons (Fsp3) is 0.480. The summed E-state index contributed by atoms with van der Waals surface area (Å²) in [6.45, 7) is 5.79. The van der Waals surface area contributed by atoms with Crippen molar-refractivity contribution in [3.05, 3.63) is 53.1 Å². The van der Waals surface area contributed by atoms with Crippen LogP contribution in [0.3, 0.4) is 0 Å². The van der Waals surface area contributed by atoms with Crippen molar-refractivity contribution >= 4 is 21.6 Å². The van der Waals surface area contributed by atoms with Gasteiger partial charge in [0.05, 0.1) is 4.90 Å². The highest BCUT2D eigenvalue weighted by molar-refractivity contribution is 7.89. The molecule has 1 amide bonds. The van der Waals surface area contributed by atoms with Crippen LogP contribution in [0.4, 0.5) is 5.69 Å². The maximum atomic E-state index is 13.2. The zero-order chi connectivity index (χ0) is 23.6. The lowest BCUT2D eigenvalue weighted by atomic mass is 9.92. The molecule has 1 fully saturated rings. The molecule has 2 aromatic rings. The van der Waals surface area contributed by atoms with Crippen molar-refractivity contribution in [3.8, 4) is 5.75 Å². The summed E-state index contributed by atoms with van der Waals surface area (Å²) >= 11 is 0. The number of anilines is 1. The zero-order valence-corrected chi connectivity index (χ0v) is 20.5. The fourth-order valence-electron chi connectivity index (χ4n) is 4.41. The second kappa shape index (κ2) is 9.83. The number of aryl methyl sites for hydroxylation is 3. The highest BCUT2D eigenvalue weighted by Gasteiger charge is 2.29. The lowest BCUT2D eigenvalue weighted by molar-refractivity contribution is -0.122. The van der Waals surface area contributed by atoms with Gasteiger partial charge in [-0.25, -0.2) is 8.42 Å². The predicted octanol–water partition coefficient (Wildman–Crippen LogP) is 3.22. The molecule has 0 spiro atoms. The molecule has 0 aromatic heterocycles. The summed E-state index contributed by atoms with van der Waals surface area (Å²) in [7, 11) is -1.64. The molecule has 8 heteroatoms. The minimum absolute atomic E-state index is 0.230. The Balaban J connectivity index is 1.45. The van der Waals surface area contributed by atoms with Crippen LogP contribution in [0.25, 0.3) is 0 Å². The first-order chi connectivity index (χ1) is 15.7. The van der Waals surface area contributed by atoms with Crippen LogP contribution in [0, 0.1) is 6.92 Å². The first-order valence-electron chi connectivity index (χ1n) is 11.6. The third-order valence-electron chi connectivity index (χ3n) is 6.54. The van der Waals surface area contributed by atoms with Gasteiger partial charge in [-0.1, -0.05) is 12.1 Å². The Bertz CT molecular complexity index is 1120. The van der Waals surface area contributed by atoms with Crippen LogP contribution in [-0.2, 0) is 27.7 Å². The van der Waals surface area contributed by atoms with E-state index in [9.17, 15) is 13.2 Å². The molecule has 1 saturated heterocycles. The lowest BCUT2D eigenvalue weighted by Gasteiger charge is -2.32. The number of piperazine rings is 1. The van der Waals surface area contributed by atoms with E-state index >= 15 is 0 Å². The minimum Gasteiger partial charge on any atom is -0.481 e. The Kier molecular flexibility index (Phi) is 7.07. The van der Waals surface area contributed by atoms with Crippen LogP contribution in [0.5, 0.6) is 5.75 Å². The van der Waals surface area contributed by atoms with Gasteiger partial charge in [0.15, 0.2) is 6.10 Å². The van der Waals surface area contributed by atoms with Crippen molar-refractivity contribution in [1.82, 2.24) is 9.21 Å². The zero-order valence-electron chi connectivity index (χ0n) is 19.6. The predicted molar refractivity (Wildman–Crippen MR) is 129 cm³/mol. The van der Waals surface area contributed by atoms with Crippen molar-refractivity contribution in [2.75, 3.05) is 38.5 Å². The van der Waals surface area contributed by atoms with Gasteiger partial charge in [0.25, 0.3) is 5.91 Å². The third kappa shape index (κ3) is 5.39. The topological polar surface area (TPSA) is 78.9 Å². The van der Waals surface area contributed by atoms with Crippen molar-refractivity contribution in [2.24, 2.45) is 0 Å². The van der Waals surface area contributed by atoms with E-state index in [2.05, 4.69) is 16.3 Å². The van der Waals surface area contributed by atoms with Gasteiger partial charge >= 0.3 is 0 Å². The number of carbonyl (C=O) groups excluding carboxylic acids is 1. The molecule has 7 nitrogen and oxygen atoms in total. The molecule has 2 aliphatic rings. The third-order valence-corrected chi connectivity index (χ3v) is 8.58. The van der Waals surface area contributed by atoms with Gasteiger partial charge in [0.1, 0.15) is 5.75 Å². The van der Waals surface area contributed by atoms with E-state index in [0.717, 1.165) is 12.8 Å². The lowest BCUT2D eigenvalue weighted by Crippen LogP contribution is -2.47. The van der Waals surface area contributed by atoms with Crippen LogP contribution in [0.15, 0.2) is 41.3 Å². The molecular weight excluding hydrogens is 438 g/mol. The van der Waals surface area contributed by atoms with E-state index in [1.807, 2.05) is 19.2 Å². The van der Waals surface area contributed by atoms with Crippen LogP contribution < -0.4 is 10.1 Å². The summed E-state index contributed by atoms with van der Waals surface area (Å²) in [5.74, 6) is 0.361. The summed E-state index contributed by atoms with van der Waals surface area (Å²) in [5, 5.41) is 2.82. The van der Waals surface area contributed by atoms with E-state index in [0.29, 0.717) is 43.2 Å². The monoisotopic (exact) mass is 471 g/mol. The normalized spacial score (nSPS) is 18.4. The number of nitrogens with one attached hydrogen (secondary N) is 1. The van der Waals surface area contributed by atoms with Gasteiger partial charge in [-0.2, -0.15) is 4.31 Å². The van der Waals surface area contributed by atoms with Crippen LogP contribution in [-0.4, -0.2) is 62.9 Å². The molecule has 0 radical (unpaired) electrons. The molecule has 178 valence electrons. The SMILES string of the molecule is Cc1ccc(NC(=O)C(C)Oc2ccc3c(c2)CCCC3)cc1S(=O)(=O)N1CCN(C)CC1. The van der Waals surface area contributed by atoms with Crippen molar-refractivity contribution in [1.29, 1.82) is 0 Å². The molecule has 1 atom stereocenters. The summed E-state index contributed by atoms with van der Waals surface area (Å²) in [5.41, 5.74) is 3.76. The summed E-state index contributed by atoms with van der Waals surface area (Å²) in [6.07, 6.45) is 3.82. The van der Waals surface area contributed by atoms with Gasteiger partial charge in [-0.05, 0) is 87.5 Å². The Hall–Kier alpha value is -2.42. The number of hydrogen-bond acceptors (Lipinski definition) is 5. The molecule has 1 N–H and O–H groups in total. The van der Waals surface area contributed by atoms with E-state index in [-0.39, 0.29) is 10.8 Å². The highest BCUT2D eigenvalue weighted by Crippen LogP contribution is 2.27. The number of hydrogen-bond donors (Lipinski definition) is 1. The molecule has 1 unspecified atom stereocenters. The van der Waals surface area contributed by atoms with Crippen molar-refractivity contribution < 1.29 is 17.9 Å². The van der Waals surface area contributed by atoms with Gasteiger partial charge in [-0.15, -0.1) is 0 Å². The molecule has 2 aromatic carbocycles. The number of sulfonamides is 1. The van der Waals surface area contributed by atoms with Crippen LogP contribution in [0.1, 0.15) is 36.5 Å². The van der Waals surface area contributed by atoms with Gasteiger partial charge < -0.3 is 15.0 Å². The number of rotatable bonds is 6. The maximum absolute atomic E-state index is 13.2. The number of fused-ring (bicyclic) bond motifs is 1. The molecule has 0 saturated carbocycles. The Labute approximate surface area is 196 Å². The Morgan fingerprint density at radius 1 is 1.00 bits per heavy atom. The quantitative estimate of drug-likeness (QED) is 0.700. The van der Waals surface area contributed by atoms with E-state index in [1.165, 1.54) is 28.3 Å². The summed E-state index contributed by atoms with van der Waals surface area (Å²) in [4.78, 5) is 15.1. The average Bonchev–Trinajstić information content (AvgIpc) is 2.80. The number of amides is 1. The highest BCUT2D eigenvalue weighted by atomic mass is 32.2. The number of benzene rings is 2. The number of ether oxygens (including phenoxy) is 1. The maximum Gasteiger partial charge on any atom is 0.265 e. The van der Waals surface area contributed by atoms with Gasteiger partial charge in [-0.3, -0.25) is 4.79 Å². The van der Waals surface area contributed by atoms with Gasteiger partial charge in [0, 0.05) is 31.9 Å². The first-order valence-corrected chi connectivity index (χ1v) is 13.1. The Morgan fingerprint density at radius 3 is 2.42 bits per heavy atom. The summed E-state index contributed by atoms with van der Waals surface area (Å²) < 4.78 is 33.8. The first kappa shape index (κ1) is 23.7. The Morgan fingerprint density at radius 2 is 1.70 bits per heavy atom. The fourth-order valence-corrected chi connectivity index (χ4v) is 6.08. The molecular formula is C25H33N3O4S. The van der Waals surface area contributed by atoms with E-state index in [4.69, 9.17) is 4.74 Å². The molecule has 4 rings (SSSR count). The second-order valence-electron chi connectivity index (χ2n) is 9.07. The molecule has 1 heterocycles. The van der Waals surface area contributed by atoms with Crippen LogP contribution in [0.2, 0.25) is 0 Å². The smallest absolute Gasteiger partial charge is 0.265 e. The van der Waals surface area contributed by atoms with Crippen LogP contribution >= 0.6 is 0 Å². The number of likely N-dealkylation sites (N-methyl/N-ethyl adjacent to an activating group) is 1. The molecule has 1 aliphatic heterocycles. The number of nitrogens with zero attached hydrogens (tertiary/aromatic N) is 2.